The van der Waals surface area contributed by atoms with Crippen molar-refractivity contribution < 1.29 is 8.94 Å². The lowest BCUT2D eigenvalue weighted by Gasteiger charge is -2.01. The molecule has 0 aliphatic heterocycles. The molecule has 4 aromatic rings. The maximum Gasteiger partial charge on any atom is 0.442 e. The predicted molar refractivity (Wildman–Crippen MR) is 92.7 cm³/mol. The maximum absolute atomic E-state index is 12.0. The van der Waals surface area contributed by atoms with Gasteiger partial charge in [0.15, 0.2) is 5.82 Å². The smallest absolute Gasteiger partial charge is 0.419 e. The third-order valence-electron chi connectivity index (χ3n) is 3.58. The molecule has 8 heteroatoms. The van der Waals surface area contributed by atoms with Crippen LogP contribution in [0.1, 0.15) is 5.89 Å². The minimum atomic E-state index is -0.584. The molecule has 124 valence electrons. The van der Waals surface area contributed by atoms with E-state index in [0.717, 1.165) is 15.6 Å². The van der Waals surface area contributed by atoms with Crippen LogP contribution >= 0.6 is 15.9 Å². The SMILES string of the molecule is O=c1onc(-c2ccccc2)n1Cc1nnc(-c2ccccc2Br)o1. The van der Waals surface area contributed by atoms with Gasteiger partial charge in [0.25, 0.3) is 0 Å². The van der Waals surface area contributed by atoms with E-state index in [-0.39, 0.29) is 12.4 Å². The Morgan fingerprint density at radius 2 is 1.76 bits per heavy atom. The van der Waals surface area contributed by atoms with Crippen LogP contribution in [-0.4, -0.2) is 19.9 Å². The highest BCUT2D eigenvalue weighted by Gasteiger charge is 2.17. The number of rotatable bonds is 4. The summed E-state index contributed by atoms with van der Waals surface area (Å²) in [5.74, 6) is 0.479. The van der Waals surface area contributed by atoms with Gasteiger partial charge in [-0.15, -0.1) is 10.2 Å². The van der Waals surface area contributed by atoms with Crippen LogP contribution in [0.15, 0.2) is 72.8 Å². The van der Waals surface area contributed by atoms with Gasteiger partial charge < -0.3 is 4.42 Å². The molecule has 2 aromatic heterocycles. The van der Waals surface area contributed by atoms with E-state index in [0.29, 0.717) is 11.7 Å². The van der Waals surface area contributed by atoms with Gasteiger partial charge >= 0.3 is 5.76 Å². The number of benzene rings is 2. The molecule has 0 aliphatic carbocycles. The second-order valence-electron chi connectivity index (χ2n) is 5.21. The van der Waals surface area contributed by atoms with Gasteiger partial charge in [0.2, 0.25) is 11.8 Å². The summed E-state index contributed by atoms with van der Waals surface area (Å²) in [6.07, 6.45) is 0. The second kappa shape index (κ2) is 6.48. The fraction of sp³-hybridized carbons (Fsp3) is 0.0588. The molecule has 4 rings (SSSR count). The van der Waals surface area contributed by atoms with Gasteiger partial charge in [-0.3, -0.25) is 4.52 Å². The van der Waals surface area contributed by atoms with Crippen LogP contribution in [0.25, 0.3) is 22.8 Å². The number of halogens is 1. The van der Waals surface area contributed by atoms with Gasteiger partial charge in [0.1, 0.15) is 6.54 Å². The van der Waals surface area contributed by atoms with E-state index in [1.807, 2.05) is 54.6 Å². The Morgan fingerprint density at radius 3 is 2.56 bits per heavy atom. The number of aromatic nitrogens is 4. The molecule has 0 saturated heterocycles. The monoisotopic (exact) mass is 398 g/mol. The van der Waals surface area contributed by atoms with Gasteiger partial charge in [-0.05, 0) is 28.1 Å². The summed E-state index contributed by atoms with van der Waals surface area (Å²) in [7, 11) is 0. The van der Waals surface area contributed by atoms with Crippen LogP contribution in [0.5, 0.6) is 0 Å². The Kier molecular flexibility index (Phi) is 4.02. The van der Waals surface area contributed by atoms with Crippen LogP contribution in [0.4, 0.5) is 0 Å². The zero-order valence-electron chi connectivity index (χ0n) is 12.8. The van der Waals surface area contributed by atoms with Crippen LogP contribution in [0.3, 0.4) is 0 Å². The first kappa shape index (κ1) is 15.5. The van der Waals surface area contributed by atoms with Crippen LogP contribution in [0, 0.1) is 0 Å². The van der Waals surface area contributed by atoms with Crippen LogP contribution < -0.4 is 5.76 Å². The molecule has 0 spiro atoms. The molecule has 2 heterocycles. The van der Waals surface area contributed by atoms with E-state index in [1.54, 1.807) is 0 Å². The van der Waals surface area contributed by atoms with Crippen molar-refractivity contribution in [3.63, 3.8) is 0 Å². The van der Waals surface area contributed by atoms with E-state index in [4.69, 9.17) is 8.94 Å². The summed E-state index contributed by atoms with van der Waals surface area (Å²) in [6.45, 7) is 0.0734. The molecule has 0 aliphatic rings. The molecule has 2 aromatic carbocycles. The highest BCUT2D eigenvalue weighted by Crippen LogP contribution is 2.27. The van der Waals surface area contributed by atoms with Crippen molar-refractivity contribution in [1.82, 2.24) is 19.9 Å². The third-order valence-corrected chi connectivity index (χ3v) is 4.27. The van der Waals surface area contributed by atoms with E-state index in [1.165, 1.54) is 4.57 Å². The molecule has 0 radical (unpaired) electrons. The quantitative estimate of drug-likeness (QED) is 0.523. The number of hydrogen-bond donors (Lipinski definition) is 0. The molecule has 0 bridgehead atoms. The average Bonchev–Trinajstić information content (AvgIpc) is 3.24. The summed E-state index contributed by atoms with van der Waals surface area (Å²) in [6, 6.07) is 16.8. The Bertz CT molecular complexity index is 1070. The molecule has 0 fully saturated rings. The van der Waals surface area contributed by atoms with Crippen molar-refractivity contribution in [3.05, 3.63) is 75.5 Å². The summed E-state index contributed by atoms with van der Waals surface area (Å²) < 4.78 is 12.7. The second-order valence-corrected chi connectivity index (χ2v) is 6.06. The van der Waals surface area contributed by atoms with Crippen molar-refractivity contribution in [3.8, 4) is 22.8 Å². The van der Waals surface area contributed by atoms with Gasteiger partial charge in [0, 0.05) is 10.0 Å². The van der Waals surface area contributed by atoms with Gasteiger partial charge in [-0.25, -0.2) is 9.36 Å². The maximum atomic E-state index is 12.0. The molecule has 0 amide bonds. The lowest BCUT2D eigenvalue weighted by atomic mass is 10.2. The Labute approximate surface area is 150 Å². The number of hydrogen-bond acceptors (Lipinski definition) is 6. The molecule has 0 atom stereocenters. The first-order valence-corrected chi connectivity index (χ1v) is 8.21. The first-order valence-electron chi connectivity index (χ1n) is 7.41. The fourth-order valence-electron chi connectivity index (χ4n) is 2.40. The molecule has 0 N–H and O–H groups in total. The highest BCUT2D eigenvalue weighted by molar-refractivity contribution is 9.10. The van der Waals surface area contributed by atoms with E-state index >= 15 is 0 Å². The molecular formula is C17H11BrN4O3. The normalized spacial score (nSPS) is 10.9. The molecule has 0 unspecified atom stereocenters. The lowest BCUT2D eigenvalue weighted by Crippen LogP contribution is -2.16. The Balaban J connectivity index is 1.68. The lowest BCUT2D eigenvalue weighted by molar-refractivity contribution is 0.374. The van der Waals surface area contributed by atoms with E-state index in [9.17, 15) is 4.79 Å². The van der Waals surface area contributed by atoms with Crippen LogP contribution in [0.2, 0.25) is 0 Å². The fourth-order valence-corrected chi connectivity index (χ4v) is 2.85. The summed E-state index contributed by atoms with van der Waals surface area (Å²) in [5.41, 5.74) is 1.54. The van der Waals surface area contributed by atoms with E-state index < -0.39 is 5.76 Å². The summed E-state index contributed by atoms with van der Waals surface area (Å²) in [4.78, 5) is 12.0. The van der Waals surface area contributed by atoms with Gasteiger partial charge in [-0.2, -0.15) is 0 Å². The van der Waals surface area contributed by atoms with Crippen molar-refractivity contribution >= 4 is 15.9 Å². The standard InChI is InChI=1S/C17H11BrN4O3/c18-13-9-5-4-8-12(13)16-20-19-14(24-16)10-22-15(21-25-17(22)23)11-6-2-1-3-7-11/h1-9H,10H2. The third kappa shape index (κ3) is 3.03. The summed E-state index contributed by atoms with van der Waals surface area (Å²) >= 11 is 3.45. The minimum absolute atomic E-state index is 0.0734. The number of nitrogens with zero attached hydrogens (tertiary/aromatic N) is 4. The zero-order valence-corrected chi connectivity index (χ0v) is 14.4. The molecule has 0 saturated carbocycles. The van der Waals surface area contributed by atoms with Crippen LogP contribution in [-0.2, 0) is 6.54 Å². The topological polar surface area (TPSA) is 87.0 Å². The van der Waals surface area contributed by atoms with Crippen molar-refractivity contribution in [1.29, 1.82) is 0 Å². The molecular weight excluding hydrogens is 388 g/mol. The van der Waals surface area contributed by atoms with Crippen molar-refractivity contribution in [2.75, 3.05) is 0 Å². The zero-order chi connectivity index (χ0) is 17.2. The summed E-state index contributed by atoms with van der Waals surface area (Å²) in [5, 5.41) is 11.9. The van der Waals surface area contributed by atoms with E-state index in [2.05, 4.69) is 31.3 Å². The Morgan fingerprint density at radius 1 is 1.00 bits per heavy atom. The van der Waals surface area contributed by atoms with Gasteiger partial charge in [0.05, 0.1) is 5.56 Å². The van der Waals surface area contributed by atoms with Crippen molar-refractivity contribution in [2.24, 2.45) is 0 Å². The predicted octanol–water partition coefficient (Wildman–Crippen LogP) is 3.36. The largest absolute Gasteiger partial charge is 0.442 e. The molecule has 25 heavy (non-hydrogen) atoms. The average molecular weight is 399 g/mol. The Hall–Kier alpha value is -3.00. The molecule has 7 nitrogen and oxygen atoms in total. The van der Waals surface area contributed by atoms with Gasteiger partial charge in [-0.1, -0.05) is 47.6 Å². The first-order chi connectivity index (χ1) is 12.2. The highest BCUT2D eigenvalue weighted by atomic mass is 79.9. The van der Waals surface area contributed by atoms with Crippen molar-refractivity contribution in [2.45, 2.75) is 6.54 Å². The minimum Gasteiger partial charge on any atom is -0.419 e.